The van der Waals surface area contributed by atoms with Crippen molar-refractivity contribution in [3.63, 3.8) is 0 Å². The van der Waals surface area contributed by atoms with Gasteiger partial charge in [-0.1, -0.05) is 48.5 Å². The van der Waals surface area contributed by atoms with Crippen LogP contribution in [0, 0.1) is 0 Å². The SMILES string of the molecule is CC(c1ccc(OCC2CO2)cc1)(c1ccc2cc(OCC3CO3)ccc2c1)c1ccc2cc(OCC3CO3)ccc2c1. The van der Waals surface area contributed by atoms with Crippen LogP contribution >= 0.6 is 0 Å². The van der Waals surface area contributed by atoms with Crippen LogP contribution in [0.3, 0.4) is 0 Å². The molecular formula is C37H34O6. The van der Waals surface area contributed by atoms with Gasteiger partial charge in [-0.2, -0.15) is 0 Å². The van der Waals surface area contributed by atoms with Gasteiger partial charge in [0.25, 0.3) is 0 Å². The summed E-state index contributed by atoms with van der Waals surface area (Å²) in [7, 11) is 0. The molecule has 3 heterocycles. The van der Waals surface area contributed by atoms with Crippen molar-refractivity contribution in [2.75, 3.05) is 39.6 Å². The maximum atomic E-state index is 5.96. The Bertz CT molecular complexity index is 1670. The van der Waals surface area contributed by atoms with E-state index in [0.29, 0.717) is 19.8 Å². The van der Waals surface area contributed by atoms with E-state index in [1.54, 1.807) is 0 Å². The molecule has 0 saturated carbocycles. The molecule has 8 rings (SSSR count). The van der Waals surface area contributed by atoms with Gasteiger partial charge in [-0.15, -0.1) is 0 Å². The fourth-order valence-electron chi connectivity index (χ4n) is 5.69. The number of hydrogen-bond acceptors (Lipinski definition) is 6. The summed E-state index contributed by atoms with van der Waals surface area (Å²) in [6.45, 7) is 6.45. The normalized spacial score (nSPS) is 21.7. The molecule has 3 unspecified atom stereocenters. The zero-order chi connectivity index (χ0) is 28.8. The third-order valence-electron chi connectivity index (χ3n) is 8.72. The van der Waals surface area contributed by atoms with Gasteiger partial charge < -0.3 is 28.4 Å². The minimum Gasteiger partial charge on any atom is -0.491 e. The molecule has 6 nitrogen and oxygen atoms in total. The predicted octanol–water partition coefficient (Wildman–Crippen LogP) is 6.68. The first-order chi connectivity index (χ1) is 21.1. The Kier molecular flexibility index (Phi) is 6.70. The standard InChI is InChI=1S/C37H34O6/c1-37(28-8-12-31(13-9-28)38-18-34-21-41-34,29-6-2-26-16-32(10-4-24(26)14-29)39-19-35-22-42-35)30-7-3-27-17-33(11-5-25(27)15-30)40-20-36-23-43-36/h2-17,34-36H,18-23H2,1H3. The molecule has 0 bridgehead atoms. The maximum Gasteiger partial charge on any atom is 0.120 e. The van der Waals surface area contributed by atoms with E-state index in [4.69, 9.17) is 28.4 Å². The zero-order valence-corrected chi connectivity index (χ0v) is 24.2. The fourth-order valence-corrected chi connectivity index (χ4v) is 5.69. The Morgan fingerprint density at radius 1 is 0.488 bits per heavy atom. The lowest BCUT2D eigenvalue weighted by molar-refractivity contribution is 0.263. The molecule has 0 radical (unpaired) electrons. The number of benzene rings is 5. The predicted molar refractivity (Wildman–Crippen MR) is 166 cm³/mol. The van der Waals surface area contributed by atoms with Crippen LogP contribution in [0.1, 0.15) is 23.6 Å². The lowest BCUT2D eigenvalue weighted by Gasteiger charge is -2.32. The molecule has 5 aromatic carbocycles. The van der Waals surface area contributed by atoms with Crippen LogP contribution in [0.25, 0.3) is 21.5 Å². The number of rotatable bonds is 12. The monoisotopic (exact) mass is 574 g/mol. The Morgan fingerprint density at radius 2 is 0.837 bits per heavy atom. The van der Waals surface area contributed by atoms with Crippen LogP contribution in [0.4, 0.5) is 0 Å². The summed E-state index contributed by atoms with van der Waals surface area (Å²) in [5.74, 6) is 2.59. The van der Waals surface area contributed by atoms with E-state index in [1.807, 2.05) is 12.1 Å². The first-order valence-electron chi connectivity index (χ1n) is 15.0. The molecule has 3 saturated heterocycles. The Hall–Kier alpha value is -4.10. The van der Waals surface area contributed by atoms with E-state index in [2.05, 4.69) is 91.9 Å². The first-order valence-corrected chi connectivity index (χ1v) is 15.0. The molecule has 3 fully saturated rings. The minimum atomic E-state index is -0.419. The summed E-state index contributed by atoms with van der Waals surface area (Å²) in [5, 5.41) is 4.64. The van der Waals surface area contributed by atoms with Crippen molar-refractivity contribution in [2.24, 2.45) is 0 Å². The van der Waals surface area contributed by atoms with Crippen LogP contribution in [0.5, 0.6) is 17.2 Å². The number of fused-ring (bicyclic) bond motifs is 2. The number of ether oxygens (including phenoxy) is 6. The highest BCUT2D eigenvalue weighted by atomic mass is 16.6. The van der Waals surface area contributed by atoms with Crippen molar-refractivity contribution >= 4 is 21.5 Å². The van der Waals surface area contributed by atoms with Crippen molar-refractivity contribution in [3.8, 4) is 17.2 Å². The lowest BCUT2D eigenvalue weighted by Crippen LogP contribution is -2.25. The summed E-state index contributed by atoms with van der Waals surface area (Å²) >= 11 is 0. The van der Waals surface area contributed by atoms with E-state index in [0.717, 1.165) is 47.8 Å². The molecule has 3 aliphatic rings. The zero-order valence-electron chi connectivity index (χ0n) is 24.2. The number of epoxide rings is 3. The highest BCUT2D eigenvalue weighted by Crippen LogP contribution is 2.42. The second kappa shape index (κ2) is 10.9. The van der Waals surface area contributed by atoms with Crippen LogP contribution in [0.2, 0.25) is 0 Å². The summed E-state index contributed by atoms with van der Waals surface area (Å²) in [6, 6.07) is 34.6. The molecule has 0 N–H and O–H groups in total. The molecule has 0 aromatic heterocycles. The molecule has 0 amide bonds. The van der Waals surface area contributed by atoms with Crippen molar-refractivity contribution in [1.29, 1.82) is 0 Å². The molecule has 6 heteroatoms. The fraction of sp³-hybridized carbons (Fsp3) is 0.297. The van der Waals surface area contributed by atoms with Crippen molar-refractivity contribution in [3.05, 3.63) is 114 Å². The van der Waals surface area contributed by atoms with Gasteiger partial charge >= 0.3 is 0 Å². The van der Waals surface area contributed by atoms with Gasteiger partial charge in [-0.05, 0) is 93.7 Å². The quantitative estimate of drug-likeness (QED) is 0.122. The molecule has 5 aromatic rings. The van der Waals surface area contributed by atoms with Crippen LogP contribution in [0.15, 0.2) is 97.1 Å². The van der Waals surface area contributed by atoms with Crippen LogP contribution in [-0.2, 0) is 19.6 Å². The largest absolute Gasteiger partial charge is 0.491 e. The summed E-state index contributed by atoms with van der Waals surface area (Å²) < 4.78 is 33.7. The van der Waals surface area contributed by atoms with E-state index < -0.39 is 5.41 Å². The highest BCUT2D eigenvalue weighted by molar-refractivity contribution is 5.87. The van der Waals surface area contributed by atoms with Crippen LogP contribution in [-0.4, -0.2) is 58.0 Å². The maximum absolute atomic E-state index is 5.96. The summed E-state index contributed by atoms with van der Waals surface area (Å²) in [4.78, 5) is 0. The molecule has 0 aliphatic carbocycles. The Morgan fingerprint density at radius 3 is 1.28 bits per heavy atom. The van der Waals surface area contributed by atoms with Gasteiger partial charge in [0.15, 0.2) is 0 Å². The van der Waals surface area contributed by atoms with E-state index >= 15 is 0 Å². The van der Waals surface area contributed by atoms with Gasteiger partial charge in [0.1, 0.15) is 55.4 Å². The van der Waals surface area contributed by atoms with Gasteiger partial charge in [0.05, 0.1) is 19.8 Å². The average molecular weight is 575 g/mol. The second-order valence-electron chi connectivity index (χ2n) is 11.9. The third-order valence-corrected chi connectivity index (χ3v) is 8.72. The van der Waals surface area contributed by atoms with E-state index in [1.165, 1.54) is 27.5 Å². The summed E-state index contributed by atoms with van der Waals surface area (Å²) in [5.41, 5.74) is 3.19. The second-order valence-corrected chi connectivity index (χ2v) is 11.9. The van der Waals surface area contributed by atoms with Crippen LogP contribution < -0.4 is 14.2 Å². The first kappa shape index (κ1) is 26.5. The molecule has 0 spiro atoms. The molecule has 3 aliphatic heterocycles. The molecule has 43 heavy (non-hydrogen) atoms. The minimum absolute atomic E-state index is 0.223. The van der Waals surface area contributed by atoms with Gasteiger partial charge in [-0.25, -0.2) is 0 Å². The van der Waals surface area contributed by atoms with Crippen molar-refractivity contribution in [2.45, 2.75) is 30.7 Å². The molecule has 3 atom stereocenters. The van der Waals surface area contributed by atoms with Gasteiger partial charge in [0, 0.05) is 5.41 Å². The molecular weight excluding hydrogens is 540 g/mol. The van der Waals surface area contributed by atoms with E-state index in [-0.39, 0.29) is 18.3 Å². The Balaban J connectivity index is 1.15. The topological polar surface area (TPSA) is 65.3 Å². The Labute approximate surface area is 251 Å². The lowest BCUT2D eigenvalue weighted by atomic mass is 9.70. The van der Waals surface area contributed by atoms with E-state index in [9.17, 15) is 0 Å². The van der Waals surface area contributed by atoms with Gasteiger partial charge in [-0.3, -0.25) is 0 Å². The summed E-state index contributed by atoms with van der Waals surface area (Å²) in [6.07, 6.45) is 0.688. The third kappa shape index (κ3) is 5.78. The van der Waals surface area contributed by atoms with Crippen molar-refractivity contribution < 1.29 is 28.4 Å². The molecule has 218 valence electrons. The average Bonchev–Trinajstić information content (AvgIpc) is 3.90. The van der Waals surface area contributed by atoms with Gasteiger partial charge in [0.2, 0.25) is 0 Å². The number of hydrogen-bond donors (Lipinski definition) is 0. The smallest absolute Gasteiger partial charge is 0.120 e. The van der Waals surface area contributed by atoms with Crippen molar-refractivity contribution in [1.82, 2.24) is 0 Å². The highest BCUT2D eigenvalue weighted by Gasteiger charge is 2.32.